The minimum Gasteiger partial charge on any atom is -0.368 e. The number of benzene rings is 1. The Kier molecular flexibility index (Phi) is 3.82. The summed E-state index contributed by atoms with van der Waals surface area (Å²) < 4.78 is 12.7. The molecule has 2 rings (SSSR count). The van der Waals surface area contributed by atoms with E-state index in [2.05, 4.69) is 15.3 Å². The van der Waals surface area contributed by atoms with E-state index in [0.29, 0.717) is 18.1 Å². The lowest BCUT2D eigenvalue weighted by Gasteiger charge is -2.05. The summed E-state index contributed by atoms with van der Waals surface area (Å²) in [5.74, 6) is 0.390. The van der Waals surface area contributed by atoms with Crippen molar-refractivity contribution in [3.63, 3.8) is 0 Å². The van der Waals surface area contributed by atoms with Crippen LogP contribution in [0.3, 0.4) is 0 Å². The molecule has 0 spiro atoms. The van der Waals surface area contributed by atoms with E-state index in [1.54, 1.807) is 12.1 Å². The molecule has 18 heavy (non-hydrogen) atoms. The van der Waals surface area contributed by atoms with Crippen molar-refractivity contribution in [1.82, 2.24) is 9.97 Å². The first-order valence-corrected chi connectivity index (χ1v) is 5.48. The predicted molar refractivity (Wildman–Crippen MR) is 65.3 cm³/mol. The molecule has 90 valence electrons. The van der Waals surface area contributed by atoms with Crippen LogP contribution in [0.1, 0.15) is 11.3 Å². The first-order valence-electron chi connectivity index (χ1n) is 5.48. The molecule has 0 amide bonds. The average Bonchev–Trinajstić information content (AvgIpc) is 2.42. The van der Waals surface area contributed by atoms with Gasteiger partial charge in [0.1, 0.15) is 17.7 Å². The first-order chi connectivity index (χ1) is 8.78. The lowest BCUT2D eigenvalue weighted by atomic mass is 10.1. The molecular weight excluding hydrogens is 231 g/mol. The summed E-state index contributed by atoms with van der Waals surface area (Å²) >= 11 is 0. The van der Waals surface area contributed by atoms with Crippen molar-refractivity contribution in [1.29, 1.82) is 5.26 Å². The van der Waals surface area contributed by atoms with Crippen LogP contribution < -0.4 is 5.32 Å². The van der Waals surface area contributed by atoms with E-state index in [9.17, 15) is 4.39 Å². The van der Waals surface area contributed by atoms with Crippen molar-refractivity contribution in [3.8, 4) is 6.07 Å². The van der Waals surface area contributed by atoms with Gasteiger partial charge in [0.2, 0.25) is 0 Å². The van der Waals surface area contributed by atoms with Crippen LogP contribution in [0.25, 0.3) is 0 Å². The van der Waals surface area contributed by atoms with E-state index in [1.165, 1.54) is 24.5 Å². The SMILES string of the molecule is N#Cc1cnc(NCCc2ccc(F)cc2)cn1. The van der Waals surface area contributed by atoms with E-state index in [0.717, 1.165) is 12.0 Å². The van der Waals surface area contributed by atoms with Crippen LogP contribution in [0.5, 0.6) is 0 Å². The normalized spacial score (nSPS) is 9.78. The molecule has 0 aliphatic rings. The summed E-state index contributed by atoms with van der Waals surface area (Å²) in [5.41, 5.74) is 1.34. The van der Waals surface area contributed by atoms with Gasteiger partial charge in [0.25, 0.3) is 0 Å². The summed E-state index contributed by atoms with van der Waals surface area (Å²) in [6, 6.07) is 8.29. The number of aromatic nitrogens is 2. The van der Waals surface area contributed by atoms with E-state index in [1.807, 2.05) is 6.07 Å². The molecule has 1 aromatic carbocycles. The van der Waals surface area contributed by atoms with Crippen LogP contribution in [0.4, 0.5) is 10.2 Å². The molecule has 0 bridgehead atoms. The number of rotatable bonds is 4. The molecule has 0 saturated carbocycles. The van der Waals surface area contributed by atoms with Crippen molar-refractivity contribution in [2.75, 3.05) is 11.9 Å². The van der Waals surface area contributed by atoms with Crippen molar-refractivity contribution < 1.29 is 4.39 Å². The van der Waals surface area contributed by atoms with Gasteiger partial charge < -0.3 is 5.32 Å². The monoisotopic (exact) mass is 242 g/mol. The fraction of sp³-hybridized carbons (Fsp3) is 0.154. The Balaban J connectivity index is 1.84. The number of hydrogen-bond donors (Lipinski definition) is 1. The molecule has 0 fully saturated rings. The summed E-state index contributed by atoms with van der Waals surface area (Å²) in [4.78, 5) is 7.94. The molecule has 5 heteroatoms. The number of nitrogens with zero attached hydrogens (tertiary/aromatic N) is 3. The quantitative estimate of drug-likeness (QED) is 0.892. The van der Waals surface area contributed by atoms with Gasteiger partial charge in [0.05, 0.1) is 12.4 Å². The first kappa shape index (κ1) is 12.0. The zero-order chi connectivity index (χ0) is 12.8. The van der Waals surface area contributed by atoms with E-state index >= 15 is 0 Å². The molecule has 1 N–H and O–H groups in total. The zero-order valence-corrected chi connectivity index (χ0v) is 9.60. The third-order valence-corrected chi connectivity index (χ3v) is 2.40. The molecule has 2 aromatic rings. The maximum atomic E-state index is 12.7. The van der Waals surface area contributed by atoms with Crippen molar-refractivity contribution in [3.05, 3.63) is 53.7 Å². The van der Waals surface area contributed by atoms with Gasteiger partial charge in [0, 0.05) is 6.54 Å². The minimum atomic E-state index is -0.232. The topological polar surface area (TPSA) is 61.6 Å². The van der Waals surface area contributed by atoms with Gasteiger partial charge in [-0.3, -0.25) is 0 Å². The molecular formula is C13H11FN4. The van der Waals surface area contributed by atoms with Crippen molar-refractivity contribution in [2.24, 2.45) is 0 Å². The third-order valence-electron chi connectivity index (χ3n) is 2.40. The second kappa shape index (κ2) is 5.73. The number of halogens is 1. The van der Waals surface area contributed by atoms with Crippen LogP contribution >= 0.6 is 0 Å². The highest BCUT2D eigenvalue weighted by Crippen LogP contribution is 2.05. The number of nitrogens with one attached hydrogen (secondary N) is 1. The summed E-state index contributed by atoms with van der Waals surface area (Å²) in [6.45, 7) is 0.673. The maximum absolute atomic E-state index is 12.7. The summed E-state index contributed by atoms with van der Waals surface area (Å²) in [5, 5.41) is 11.7. The van der Waals surface area contributed by atoms with Crippen LogP contribution in [-0.2, 0) is 6.42 Å². The molecule has 0 aliphatic carbocycles. The Morgan fingerprint density at radius 3 is 2.56 bits per heavy atom. The number of anilines is 1. The number of hydrogen-bond acceptors (Lipinski definition) is 4. The Morgan fingerprint density at radius 2 is 1.94 bits per heavy atom. The van der Waals surface area contributed by atoms with Gasteiger partial charge >= 0.3 is 0 Å². The Labute approximate surface area is 104 Å². The lowest BCUT2D eigenvalue weighted by Crippen LogP contribution is -2.06. The Bertz CT molecular complexity index is 543. The van der Waals surface area contributed by atoms with Crippen LogP contribution in [0.2, 0.25) is 0 Å². The van der Waals surface area contributed by atoms with Gasteiger partial charge in [-0.2, -0.15) is 5.26 Å². The molecule has 1 heterocycles. The van der Waals surface area contributed by atoms with Gasteiger partial charge in [-0.25, -0.2) is 14.4 Å². The van der Waals surface area contributed by atoms with Crippen LogP contribution in [0.15, 0.2) is 36.7 Å². The second-order valence-electron chi connectivity index (χ2n) is 3.70. The van der Waals surface area contributed by atoms with Crippen molar-refractivity contribution >= 4 is 5.82 Å². The predicted octanol–water partition coefficient (Wildman–Crippen LogP) is 2.14. The fourth-order valence-corrected chi connectivity index (χ4v) is 1.46. The molecule has 4 nitrogen and oxygen atoms in total. The Morgan fingerprint density at radius 1 is 1.17 bits per heavy atom. The lowest BCUT2D eigenvalue weighted by molar-refractivity contribution is 0.627. The molecule has 0 atom stereocenters. The van der Waals surface area contributed by atoms with Gasteiger partial charge in [-0.15, -0.1) is 0 Å². The molecule has 1 aromatic heterocycles. The van der Waals surface area contributed by atoms with Crippen LogP contribution in [-0.4, -0.2) is 16.5 Å². The van der Waals surface area contributed by atoms with E-state index in [-0.39, 0.29) is 5.82 Å². The highest BCUT2D eigenvalue weighted by Gasteiger charge is 1.97. The minimum absolute atomic E-state index is 0.232. The highest BCUT2D eigenvalue weighted by atomic mass is 19.1. The van der Waals surface area contributed by atoms with Gasteiger partial charge in [-0.05, 0) is 24.1 Å². The van der Waals surface area contributed by atoms with E-state index in [4.69, 9.17) is 5.26 Å². The standard InChI is InChI=1S/C13H11FN4/c14-11-3-1-10(2-4-11)5-6-16-13-9-17-12(7-15)8-18-13/h1-4,8-9H,5-6H2,(H,16,18). The van der Waals surface area contributed by atoms with Crippen LogP contribution in [0, 0.1) is 17.1 Å². The number of nitriles is 1. The average molecular weight is 242 g/mol. The second-order valence-corrected chi connectivity index (χ2v) is 3.70. The highest BCUT2D eigenvalue weighted by molar-refractivity contribution is 5.33. The molecule has 0 unspecified atom stereocenters. The fourth-order valence-electron chi connectivity index (χ4n) is 1.46. The van der Waals surface area contributed by atoms with Crippen molar-refractivity contribution in [2.45, 2.75) is 6.42 Å². The Hall–Kier alpha value is -2.48. The third kappa shape index (κ3) is 3.25. The molecule has 0 saturated heterocycles. The molecule has 0 radical (unpaired) electrons. The zero-order valence-electron chi connectivity index (χ0n) is 9.60. The van der Waals surface area contributed by atoms with Gasteiger partial charge in [-0.1, -0.05) is 12.1 Å². The smallest absolute Gasteiger partial charge is 0.158 e. The summed E-state index contributed by atoms with van der Waals surface area (Å²) in [6.07, 6.45) is 3.70. The maximum Gasteiger partial charge on any atom is 0.158 e. The summed E-state index contributed by atoms with van der Waals surface area (Å²) in [7, 11) is 0. The van der Waals surface area contributed by atoms with Gasteiger partial charge in [0.15, 0.2) is 5.69 Å². The van der Waals surface area contributed by atoms with E-state index < -0.39 is 0 Å². The molecule has 0 aliphatic heterocycles. The largest absolute Gasteiger partial charge is 0.368 e.